The van der Waals surface area contributed by atoms with Crippen molar-refractivity contribution in [3.05, 3.63) is 28.8 Å². The maximum Gasteiger partial charge on any atom is 0.116 e. The minimum atomic E-state index is -0.996. The maximum absolute atomic E-state index is 5.83. The fourth-order valence-electron chi connectivity index (χ4n) is 1.11. The van der Waals surface area contributed by atoms with Gasteiger partial charge in [-0.25, -0.2) is 0 Å². The zero-order valence-electron chi connectivity index (χ0n) is 7.36. The third-order valence-electron chi connectivity index (χ3n) is 2.11. The normalized spacial score (nSPS) is 10.8. The predicted octanol–water partition coefficient (Wildman–Crippen LogP) is 4.03. The molecule has 0 aromatic heterocycles. The molecule has 0 amide bonds. The highest BCUT2D eigenvalue weighted by Crippen LogP contribution is 2.45. The highest BCUT2D eigenvalue weighted by molar-refractivity contribution is 8.08. The van der Waals surface area contributed by atoms with Crippen molar-refractivity contribution in [1.29, 1.82) is 0 Å². The Morgan fingerprint density at radius 2 is 1.42 bits per heavy atom. The van der Waals surface area contributed by atoms with Gasteiger partial charge < -0.3 is 0 Å². The van der Waals surface area contributed by atoms with Crippen LogP contribution in [0.2, 0.25) is 0 Å². The Kier molecular flexibility index (Phi) is 3.40. The first kappa shape index (κ1) is 10.3. The summed E-state index contributed by atoms with van der Waals surface area (Å²) in [6.07, 6.45) is 0. The molecular formula is C9H11Cl2P. The van der Waals surface area contributed by atoms with E-state index in [0.717, 1.165) is 5.30 Å². The molecule has 12 heavy (non-hydrogen) atoms. The van der Waals surface area contributed by atoms with Crippen molar-refractivity contribution in [2.45, 2.75) is 20.8 Å². The van der Waals surface area contributed by atoms with Crippen LogP contribution in [-0.2, 0) is 0 Å². The van der Waals surface area contributed by atoms with Gasteiger partial charge in [-0.05, 0) is 49.6 Å². The summed E-state index contributed by atoms with van der Waals surface area (Å²) in [6.45, 7) is 5.28. The van der Waals surface area contributed by atoms with Crippen molar-refractivity contribution >= 4 is 34.4 Å². The van der Waals surface area contributed by atoms with Crippen LogP contribution in [0, 0.1) is 20.8 Å². The molecule has 66 valence electrons. The predicted molar refractivity (Wildman–Crippen MR) is 58.9 cm³/mol. The van der Waals surface area contributed by atoms with Crippen molar-refractivity contribution in [2.75, 3.05) is 0 Å². The van der Waals surface area contributed by atoms with Crippen molar-refractivity contribution in [3.8, 4) is 0 Å². The molecule has 0 bridgehead atoms. The van der Waals surface area contributed by atoms with Crippen molar-refractivity contribution in [3.63, 3.8) is 0 Å². The van der Waals surface area contributed by atoms with Gasteiger partial charge in [0, 0.05) is 5.30 Å². The van der Waals surface area contributed by atoms with E-state index in [9.17, 15) is 0 Å². The largest absolute Gasteiger partial charge is 0.116 e. The lowest BCUT2D eigenvalue weighted by Gasteiger charge is -2.08. The monoisotopic (exact) mass is 220 g/mol. The van der Waals surface area contributed by atoms with Gasteiger partial charge in [0.15, 0.2) is 0 Å². The van der Waals surface area contributed by atoms with Gasteiger partial charge in [-0.15, -0.1) is 0 Å². The van der Waals surface area contributed by atoms with Crippen molar-refractivity contribution in [1.82, 2.24) is 0 Å². The molecule has 0 atom stereocenters. The van der Waals surface area contributed by atoms with Gasteiger partial charge in [0.1, 0.15) is 6.63 Å². The Bertz CT molecular complexity index is 272. The molecule has 0 fully saturated rings. The highest BCUT2D eigenvalue weighted by atomic mass is 35.9. The maximum atomic E-state index is 5.83. The van der Waals surface area contributed by atoms with E-state index in [2.05, 4.69) is 32.9 Å². The molecule has 1 aromatic carbocycles. The molecule has 1 rings (SSSR count). The van der Waals surface area contributed by atoms with Crippen molar-refractivity contribution < 1.29 is 0 Å². The molecule has 0 radical (unpaired) electrons. The van der Waals surface area contributed by atoms with E-state index in [-0.39, 0.29) is 0 Å². The molecule has 0 nitrogen and oxygen atoms in total. The molecule has 0 aliphatic carbocycles. The zero-order valence-corrected chi connectivity index (χ0v) is 9.76. The van der Waals surface area contributed by atoms with E-state index in [1.165, 1.54) is 16.7 Å². The second kappa shape index (κ2) is 3.96. The van der Waals surface area contributed by atoms with E-state index in [1.807, 2.05) is 0 Å². The van der Waals surface area contributed by atoms with Crippen LogP contribution in [0.4, 0.5) is 0 Å². The van der Waals surface area contributed by atoms with E-state index >= 15 is 0 Å². The van der Waals surface area contributed by atoms with Gasteiger partial charge in [0.05, 0.1) is 0 Å². The van der Waals surface area contributed by atoms with Gasteiger partial charge in [0.2, 0.25) is 0 Å². The van der Waals surface area contributed by atoms with Crippen LogP contribution in [0.25, 0.3) is 0 Å². The Balaban J connectivity index is 3.21. The number of hydrogen-bond acceptors (Lipinski definition) is 0. The van der Waals surface area contributed by atoms with Crippen LogP contribution in [0.3, 0.4) is 0 Å². The summed E-state index contributed by atoms with van der Waals surface area (Å²) in [7, 11) is 0. The van der Waals surface area contributed by atoms with Gasteiger partial charge >= 0.3 is 0 Å². The number of rotatable bonds is 1. The molecule has 0 saturated carbocycles. The highest BCUT2D eigenvalue weighted by Gasteiger charge is 2.06. The number of benzene rings is 1. The fraction of sp³-hybridized carbons (Fsp3) is 0.333. The lowest BCUT2D eigenvalue weighted by atomic mass is 10.1. The first-order valence-corrected chi connectivity index (χ1v) is 6.87. The Labute approximate surface area is 84.2 Å². The SMILES string of the molecule is Cc1cc(P(Cl)Cl)cc(C)c1C. The minimum absolute atomic E-state index is 0.996. The Morgan fingerprint density at radius 3 is 1.75 bits per heavy atom. The van der Waals surface area contributed by atoms with Crippen LogP contribution < -0.4 is 5.30 Å². The van der Waals surface area contributed by atoms with E-state index in [4.69, 9.17) is 22.5 Å². The average Bonchev–Trinajstić information content (AvgIpc) is 1.99. The molecule has 1 aromatic rings. The van der Waals surface area contributed by atoms with Crippen LogP contribution in [0.5, 0.6) is 0 Å². The Morgan fingerprint density at radius 1 is 1.00 bits per heavy atom. The number of halogens is 2. The summed E-state index contributed by atoms with van der Waals surface area (Å²) in [5.41, 5.74) is 3.85. The molecule has 0 aliphatic rings. The van der Waals surface area contributed by atoms with Gasteiger partial charge in [-0.1, -0.05) is 22.5 Å². The van der Waals surface area contributed by atoms with Gasteiger partial charge in [-0.2, -0.15) is 0 Å². The summed E-state index contributed by atoms with van der Waals surface area (Å²) in [5.74, 6) is 0. The third-order valence-corrected chi connectivity index (χ3v) is 3.93. The van der Waals surface area contributed by atoms with Gasteiger partial charge in [0.25, 0.3) is 0 Å². The van der Waals surface area contributed by atoms with E-state index in [1.54, 1.807) is 0 Å². The van der Waals surface area contributed by atoms with E-state index < -0.39 is 6.63 Å². The molecule has 0 unspecified atom stereocenters. The third kappa shape index (κ3) is 2.13. The summed E-state index contributed by atoms with van der Waals surface area (Å²) in [4.78, 5) is 0. The summed E-state index contributed by atoms with van der Waals surface area (Å²) < 4.78 is 0. The Hall–Kier alpha value is 0.230. The molecule has 0 saturated heterocycles. The molecule has 3 heteroatoms. The standard InChI is InChI=1S/C9H11Cl2P/c1-6-4-9(12(10)11)5-7(2)8(6)3/h4-5H,1-3H3. The average molecular weight is 221 g/mol. The van der Waals surface area contributed by atoms with E-state index in [0.29, 0.717) is 0 Å². The van der Waals surface area contributed by atoms with Crippen molar-refractivity contribution in [2.24, 2.45) is 0 Å². The second-order valence-electron chi connectivity index (χ2n) is 2.94. The quantitative estimate of drug-likeness (QED) is 0.628. The number of aryl methyl sites for hydroxylation is 2. The molecule has 0 N–H and O–H groups in total. The lowest BCUT2D eigenvalue weighted by molar-refractivity contribution is 1.28. The van der Waals surface area contributed by atoms with Crippen LogP contribution in [0.1, 0.15) is 16.7 Å². The summed E-state index contributed by atoms with van der Waals surface area (Å²) in [5, 5.41) is 1.05. The second-order valence-corrected chi connectivity index (χ2v) is 6.47. The first-order chi connectivity index (χ1) is 5.52. The minimum Gasteiger partial charge on any atom is -0.0727 e. The molecule has 0 aliphatic heterocycles. The van der Waals surface area contributed by atoms with Crippen LogP contribution in [-0.4, -0.2) is 0 Å². The molecular weight excluding hydrogens is 210 g/mol. The number of hydrogen-bond donors (Lipinski definition) is 0. The fourth-order valence-corrected chi connectivity index (χ4v) is 2.28. The first-order valence-electron chi connectivity index (χ1n) is 3.72. The summed E-state index contributed by atoms with van der Waals surface area (Å²) >= 11 is 11.7. The van der Waals surface area contributed by atoms with Gasteiger partial charge in [-0.3, -0.25) is 0 Å². The van der Waals surface area contributed by atoms with Crippen LogP contribution >= 0.6 is 29.1 Å². The summed E-state index contributed by atoms with van der Waals surface area (Å²) in [6, 6.07) is 4.13. The van der Waals surface area contributed by atoms with Crippen LogP contribution in [0.15, 0.2) is 12.1 Å². The smallest absolute Gasteiger partial charge is 0.0727 e. The molecule has 0 spiro atoms. The topological polar surface area (TPSA) is 0 Å². The molecule has 0 heterocycles. The zero-order chi connectivity index (χ0) is 9.30. The lowest BCUT2D eigenvalue weighted by Crippen LogP contribution is -1.99.